The number of esters is 5. The number of hydrogen-bond acceptors (Lipinski definition) is 22. The van der Waals surface area contributed by atoms with E-state index in [9.17, 15) is 62.3 Å². The van der Waals surface area contributed by atoms with Crippen molar-refractivity contribution in [1.82, 2.24) is 21.3 Å². The average Bonchev–Trinajstić information content (AvgIpc) is 0.853. The van der Waals surface area contributed by atoms with Crippen molar-refractivity contribution in [3.8, 4) is 0 Å². The highest BCUT2D eigenvalue weighted by Crippen LogP contribution is 2.18. The highest BCUT2D eigenvalue weighted by Gasteiger charge is 2.32. The number of rotatable bonds is 29. The van der Waals surface area contributed by atoms with Gasteiger partial charge in [0.2, 0.25) is 0 Å². The van der Waals surface area contributed by atoms with Crippen molar-refractivity contribution in [2.24, 2.45) is 0 Å². The third-order valence-corrected chi connectivity index (χ3v) is 14.0. The van der Waals surface area contributed by atoms with Crippen molar-refractivity contribution >= 4 is 109 Å². The Labute approximate surface area is 628 Å². The zero-order valence-electron chi connectivity index (χ0n) is 61.6. The van der Waals surface area contributed by atoms with Gasteiger partial charge in [-0.2, -0.15) is 0 Å². The second-order valence-corrected chi connectivity index (χ2v) is 28.2. The van der Waals surface area contributed by atoms with Crippen LogP contribution in [0.15, 0.2) is 140 Å². The molecule has 0 unspecified atom stereocenters. The molecule has 0 radical (unpaired) electrons. The van der Waals surface area contributed by atoms with Gasteiger partial charge in [0, 0.05) is 0 Å². The van der Waals surface area contributed by atoms with Gasteiger partial charge in [-0.05, 0) is 130 Å². The quantitative estimate of drug-likeness (QED) is 0.0169. The van der Waals surface area contributed by atoms with Crippen LogP contribution in [-0.2, 0) is 107 Å². The summed E-state index contributed by atoms with van der Waals surface area (Å²) in [5.41, 5.74) is 2.15. The van der Waals surface area contributed by atoms with Crippen LogP contribution in [-0.4, -0.2) is 146 Å². The Kier molecular flexibility index (Phi) is 39.8. The van der Waals surface area contributed by atoms with Gasteiger partial charge in [0.05, 0.1) is 41.9 Å². The summed E-state index contributed by atoms with van der Waals surface area (Å²) in [7, 11) is 0. The molecule has 0 bridgehead atoms. The van der Waals surface area contributed by atoms with Gasteiger partial charge in [0.15, 0.2) is 24.0 Å². The number of amides is 4. The third kappa shape index (κ3) is 42.4. The molecule has 0 aromatic heterocycles. The fourth-order valence-electron chi connectivity index (χ4n) is 8.40. The number of carboxylic acids is 1. The Morgan fingerprint density at radius 2 is 0.581 bits per heavy atom. The molecule has 0 saturated heterocycles. The number of alkyl carbamates (subject to hydrolysis) is 4. The van der Waals surface area contributed by atoms with Crippen LogP contribution in [0.2, 0.25) is 0 Å². The van der Waals surface area contributed by atoms with Gasteiger partial charge < -0.3 is 69.0 Å². The van der Waals surface area contributed by atoms with Gasteiger partial charge in [-0.3, -0.25) is 33.6 Å². The molecule has 4 amide bonds. The highest BCUT2D eigenvalue weighted by molar-refractivity contribution is 9.09. The lowest BCUT2D eigenvalue weighted by molar-refractivity contribution is -0.158. The molecule has 0 saturated carbocycles. The number of carbonyl (C=O) groups excluding carboxylic acids is 12. The molecule has 105 heavy (non-hydrogen) atoms. The predicted molar refractivity (Wildman–Crippen MR) is 392 cm³/mol. The molecule has 572 valence electrons. The number of ether oxygens (including phenoxy) is 9. The number of aliphatic carboxylic acids is 1. The number of Topliss-reactive ketones (excluding diaryl/α,β-unsaturated/α-hetero) is 3. The molecule has 0 aliphatic rings. The molecule has 0 aliphatic heterocycles. The van der Waals surface area contributed by atoms with Crippen molar-refractivity contribution in [1.29, 1.82) is 0 Å². The van der Waals surface area contributed by atoms with Crippen LogP contribution in [0.4, 0.5) is 19.2 Å². The van der Waals surface area contributed by atoms with E-state index in [0.717, 1.165) is 22.3 Å². The molecule has 0 spiro atoms. The molecule has 5 aromatic rings. The summed E-state index contributed by atoms with van der Waals surface area (Å²) in [5, 5.41) is 18.5. The first-order valence-corrected chi connectivity index (χ1v) is 35.2. The number of ketones is 3. The van der Waals surface area contributed by atoms with Gasteiger partial charge in [-0.15, -0.1) is 0 Å². The molecule has 5 N–H and O–H groups in total. The maximum atomic E-state index is 12.8. The fourth-order valence-corrected chi connectivity index (χ4v) is 9.18. The molecule has 0 heterocycles. The van der Waals surface area contributed by atoms with Crippen LogP contribution in [0.1, 0.15) is 153 Å². The number of aryl methyl sites for hydroxylation is 2. The Balaban J connectivity index is 0.000000483. The summed E-state index contributed by atoms with van der Waals surface area (Å²) >= 11 is 6.08. The second kappa shape index (κ2) is 45.9. The second-order valence-electron chi connectivity index (χ2n) is 27.0. The fraction of sp³-hybridized carbons (Fsp3) is 0.434. The molecule has 0 fully saturated rings. The van der Waals surface area contributed by atoms with E-state index < -0.39 is 132 Å². The largest absolute Gasteiger partial charge is 0.480 e. The first-order valence-electron chi connectivity index (χ1n) is 33.0. The highest BCUT2D eigenvalue weighted by atomic mass is 79.9. The Hall–Kier alpha value is -10.0. The number of benzene rings is 5. The van der Waals surface area contributed by atoms with Crippen molar-refractivity contribution in [3.05, 3.63) is 178 Å². The maximum Gasteiger partial charge on any atom is 0.408 e. The first-order chi connectivity index (χ1) is 49.0. The zero-order valence-corrected chi connectivity index (χ0v) is 64.7. The number of alkyl halides is 2. The van der Waals surface area contributed by atoms with Gasteiger partial charge in [0.25, 0.3) is 0 Å². The molecule has 29 heteroatoms. The summed E-state index contributed by atoms with van der Waals surface area (Å²) in [5.74, 6) is -5.87. The lowest BCUT2D eigenvalue weighted by atomic mass is 10.0. The van der Waals surface area contributed by atoms with Crippen molar-refractivity contribution < 1.29 is 110 Å². The molecule has 27 nitrogen and oxygen atoms in total. The molecule has 0 aliphatic carbocycles. The Bertz CT molecular complexity index is 3520. The average molecular weight is 1590 g/mol. The maximum absolute atomic E-state index is 12.8. The van der Waals surface area contributed by atoms with E-state index in [2.05, 4.69) is 53.1 Å². The summed E-state index contributed by atoms with van der Waals surface area (Å²) < 4.78 is 46.1. The van der Waals surface area contributed by atoms with E-state index in [1.165, 1.54) is 0 Å². The van der Waals surface area contributed by atoms with Crippen LogP contribution >= 0.6 is 31.9 Å². The Morgan fingerprint density at radius 3 is 0.819 bits per heavy atom. The third-order valence-electron chi connectivity index (χ3n) is 12.9. The van der Waals surface area contributed by atoms with E-state index >= 15 is 0 Å². The van der Waals surface area contributed by atoms with E-state index in [1.807, 2.05) is 78.9 Å². The molecular formula is C76H96Br2N4O23. The minimum Gasteiger partial charge on any atom is -0.480 e. The van der Waals surface area contributed by atoms with Crippen LogP contribution in [0.5, 0.6) is 0 Å². The summed E-state index contributed by atoms with van der Waals surface area (Å²) in [6.45, 7) is 23.5. The molecular weight excluding hydrogens is 1500 g/mol. The molecule has 4 atom stereocenters. The number of carbonyl (C=O) groups is 13. The van der Waals surface area contributed by atoms with Crippen molar-refractivity contribution in [3.63, 3.8) is 0 Å². The minimum absolute atomic E-state index is 0.00541. The van der Waals surface area contributed by atoms with Crippen LogP contribution in [0.25, 0.3) is 0 Å². The minimum atomic E-state index is -1.41. The van der Waals surface area contributed by atoms with E-state index in [1.54, 1.807) is 158 Å². The van der Waals surface area contributed by atoms with E-state index in [-0.39, 0.29) is 61.5 Å². The van der Waals surface area contributed by atoms with E-state index in [4.69, 9.17) is 47.7 Å². The van der Waals surface area contributed by atoms with Crippen LogP contribution in [0.3, 0.4) is 0 Å². The van der Waals surface area contributed by atoms with Gasteiger partial charge in [-0.25, -0.2) is 28.8 Å². The van der Waals surface area contributed by atoms with E-state index in [0.29, 0.717) is 16.7 Å². The smallest absolute Gasteiger partial charge is 0.408 e. The molecule has 5 rings (SSSR count). The summed E-state index contributed by atoms with van der Waals surface area (Å²) in [6.07, 6.45) is -4.73. The predicted octanol–water partition coefficient (Wildman–Crippen LogP) is 12.1. The normalized spacial score (nSPS) is 12.0. The first kappa shape index (κ1) is 91.1. The zero-order chi connectivity index (χ0) is 79.1. The standard InChI is InChI=1S/C26H31NO7.2C17H22BrNO5.C16H21NO6/c1-17-10-9-11-18(2)23(17)24(30)32-16-21(28)20(14-22(29)34-26(3,4)5)27-25(31)33-15-19-12-7-6-8-13-19;2*1-17(2,3)24-15(21)9-13(14(20)10-18)19-16(22)23-11-12-7-5-4-6-8-12;1-16(2,3)23-13(18)9-12(14(19)20)17-15(21)22-10-11-7-5-4-6-8-11/h6-13,20H,14-16H2,1-5H3,(H,27,31);2*4-8,13H,9-11H2,1-3H3,(H,19,22);4-8,12H,9-10H2,1-3H3,(H,17,21)(H,19,20)/t20-;2*13-;12-/m0000/s1. The van der Waals surface area contributed by atoms with Gasteiger partial charge >= 0.3 is 60.2 Å². The number of nitrogens with one attached hydrogen (secondary N) is 4. The summed E-state index contributed by atoms with van der Waals surface area (Å²) in [4.78, 5) is 156. The number of halogens is 2. The number of hydrogen-bond donors (Lipinski definition) is 5. The van der Waals surface area contributed by atoms with Gasteiger partial charge in [-0.1, -0.05) is 171 Å². The van der Waals surface area contributed by atoms with Crippen LogP contribution in [0, 0.1) is 13.8 Å². The Morgan fingerprint density at radius 1 is 0.343 bits per heavy atom. The molecule has 5 aromatic carbocycles. The topological polar surface area (TPSA) is 373 Å². The lowest BCUT2D eigenvalue weighted by Crippen LogP contribution is -2.45. The summed E-state index contributed by atoms with van der Waals surface area (Å²) in [6, 6.07) is 36.9. The van der Waals surface area contributed by atoms with Crippen molar-refractivity contribution in [2.75, 3.05) is 17.3 Å². The van der Waals surface area contributed by atoms with Crippen molar-refractivity contribution in [2.45, 2.75) is 196 Å². The number of carboxylic acid groups (broad SMARTS) is 1. The SMILES string of the molecule is CC(C)(C)OC(=O)C[C@H](NC(=O)OCc1ccccc1)C(=O)CBr.CC(C)(C)OC(=O)C[C@H](NC(=O)OCc1ccccc1)C(=O)CBr.CC(C)(C)OC(=O)C[C@H](NC(=O)OCc1ccccc1)C(=O)O.Cc1cccc(C)c1C(=O)OCC(=O)[C@H](CC(=O)OC(C)(C)C)NC(=O)OCc1ccccc1. The monoisotopic (exact) mass is 1590 g/mol. The lowest BCUT2D eigenvalue weighted by Gasteiger charge is -2.22. The van der Waals surface area contributed by atoms with Gasteiger partial charge in [0.1, 0.15) is 73.0 Å². The van der Waals surface area contributed by atoms with Crippen LogP contribution < -0.4 is 21.3 Å².